The van der Waals surface area contributed by atoms with Gasteiger partial charge in [0.15, 0.2) is 5.75 Å². The first-order valence-electron chi connectivity index (χ1n) is 7.40. The first-order valence-corrected chi connectivity index (χ1v) is 7.40. The molecule has 0 aliphatic carbocycles. The van der Waals surface area contributed by atoms with Gasteiger partial charge < -0.3 is 15.1 Å². The molecule has 3 N–H and O–H groups in total. The van der Waals surface area contributed by atoms with Crippen molar-refractivity contribution in [3.05, 3.63) is 16.1 Å². The average Bonchev–Trinajstić information content (AvgIpc) is 2.95. The molecule has 2 atom stereocenters. The van der Waals surface area contributed by atoms with Gasteiger partial charge in [-0.05, 0) is 12.0 Å². The van der Waals surface area contributed by atoms with Crippen molar-refractivity contribution in [1.82, 2.24) is 5.32 Å². The molecule has 1 aromatic rings. The van der Waals surface area contributed by atoms with E-state index >= 15 is 0 Å². The Kier molecular flexibility index (Phi) is 2.14. The van der Waals surface area contributed by atoms with Gasteiger partial charge in [0.1, 0.15) is 17.1 Å². The van der Waals surface area contributed by atoms with Crippen molar-refractivity contribution in [1.29, 1.82) is 0 Å². The lowest BCUT2D eigenvalue weighted by molar-refractivity contribution is -0.138. The quantitative estimate of drug-likeness (QED) is 0.652. The summed E-state index contributed by atoms with van der Waals surface area (Å²) in [5, 5.41) is 24.9. The molecule has 5 rings (SSSR count). The number of nitrogens with zero attached hydrogens (tertiary/aromatic N) is 3. The van der Waals surface area contributed by atoms with E-state index in [0.29, 0.717) is 30.7 Å². The van der Waals surface area contributed by atoms with Crippen LogP contribution in [0.3, 0.4) is 0 Å². The predicted molar refractivity (Wildman–Crippen MR) is 79.2 cm³/mol. The maximum atomic E-state index is 11.7. The van der Waals surface area contributed by atoms with Gasteiger partial charge in [-0.3, -0.25) is 15.3 Å². The molecule has 1 aromatic carbocycles. The van der Waals surface area contributed by atoms with Crippen molar-refractivity contribution >= 4 is 29.1 Å². The van der Waals surface area contributed by atoms with E-state index in [-0.39, 0.29) is 11.8 Å². The highest BCUT2D eigenvalue weighted by molar-refractivity contribution is 6.11. The van der Waals surface area contributed by atoms with Crippen molar-refractivity contribution in [2.24, 2.45) is 9.98 Å². The zero-order valence-electron chi connectivity index (χ0n) is 11.7. The molecular weight excluding hydrogens is 284 g/mol. The van der Waals surface area contributed by atoms with Crippen molar-refractivity contribution in [2.75, 3.05) is 18.1 Å². The molecule has 4 aliphatic heterocycles. The van der Waals surface area contributed by atoms with Gasteiger partial charge in [0.05, 0.1) is 12.4 Å². The van der Waals surface area contributed by atoms with E-state index in [1.54, 1.807) is 6.21 Å². The van der Waals surface area contributed by atoms with Gasteiger partial charge in [-0.15, -0.1) is 0 Å². The number of hydrogen-bond donors (Lipinski definition) is 3. The summed E-state index contributed by atoms with van der Waals surface area (Å²) in [5.41, 5.74) is 3.28. The SMILES string of the molecule is O=C(O)C1CC2=c3c(c(O)c4c5c3N1CCC5NCN=4)N=C2. The molecule has 2 unspecified atom stereocenters. The number of hydrogen-bond acceptors (Lipinski definition) is 6. The van der Waals surface area contributed by atoms with Gasteiger partial charge in [-0.1, -0.05) is 0 Å². The highest BCUT2D eigenvalue weighted by atomic mass is 16.4. The molecule has 4 aliphatic rings. The lowest BCUT2D eigenvalue weighted by Crippen LogP contribution is -2.53. The first-order chi connectivity index (χ1) is 10.7. The summed E-state index contributed by atoms with van der Waals surface area (Å²) in [6.07, 6.45) is 2.93. The van der Waals surface area contributed by atoms with Crippen LogP contribution in [0.4, 0.5) is 11.4 Å². The van der Waals surface area contributed by atoms with Gasteiger partial charge in [0, 0.05) is 36.0 Å². The van der Waals surface area contributed by atoms with E-state index < -0.39 is 12.0 Å². The Morgan fingerprint density at radius 2 is 2.32 bits per heavy atom. The molecule has 4 heterocycles. The Morgan fingerprint density at radius 3 is 3.14 bits per heavy atom. The summed E-state index contributed by atoms with van der Waals surface area (Å²) in [5.74, 6) is -0.692. The molecule has 0 amide bonds. The highest BCUT2D eigenvalue weighted by Crippen LogP contribution is 2.41. The molecule has 0 saturated carbocycles. The van der Waals surface area contributed by atoms with Gasteiger partial charge in [-0.2, -0.15) is 0 Å². The van der Waals surface area contributed by atoms with E-state index in [4.69, 9.17) is 0 Å². The Labute approximate surface area is 125 Å². The third-order valence-corrected chi connectivity index (χ3v) is 5.05. The lowest BCUT2D eigenvalue weighted by atomic mass is 9.86. The number of anilines is 1. The largest absolute Gasteiger partial charge is 0.504 e. The molecule has 0 spiro atoms. The fraction of sp³-hybridized carbons (Fsp3) is 0.400. The molecule has 0 bridgehead atoms. The molecule has 0 saturated heterocycles. The maximum Gasteiger partial charge on any atom is 0.326 e. The van der Waals surface area contributed by atoms with E-state index in [1.165, 1.54) is 0 Å². The zero-order valence-corrected chi connectivity index (χ0v) is 11.7. The number of aliphatic carboxylic acids is 1. The number of aromatic hydroxyl groups is 1. The summed E-state index contributed by atoms with van der Waals surface area (Å²) in [6.45, 7) is 1.15. The number of carbonyl (C=O) groups is 1. The van der Waals surface area contributed by atoms with Gasteiger partial charge >= 0.3 is 5.97 Å². The Balaban J connectivity index is 1.95. The predicted octanol–water partition coefficient (Wildman–Crippen LogP) is -0.453. The number of phenols is 1. The van der Waals surface area contributed by atoms with Crippen LogP contribution >= 0.6 is 0 Å². The Hall–Kier alpha value is -2.41. The second-order valence-electron chi connectivity index (χ2n) is 6.08. The molecular formula is C15H14N4O3. The lowest BCUT2D eigenvalue weighted by Gasteiger charge is -2.42. The third kappa shape index (κ3) is 1.28. The van der Waals surface area contributed by atoms with Gasteiger partial charge in [0.25, 0.3) is 0 Å². The fourth-order valence-electron chi connectivity index (χ4n) is 4.11. The minimum atomic E-state index is -0.819. The van der Waals surface area contributed by atoms with Crippen molar-refractivity contribution in [2.45, 2.75) is 24.9 Å². The molecule has 7 heteroatoms. The van der Waals surface area contributed by atoms with Crippen LogP contribution in [-0.2, 0) is 4.79 Å². The van der Waals surface area contributed by atoms with Crippen LogP contribution in [0, 0.1) is 0 Å². The minimum Gasteiger partial charge on any atom is -0.504 e. The number of nitrogens with one attached hydrogen (secondary N) is 1. The van der Waals surface area contributed by atoms with Gasteiger partial charge in [0.2, 0.25) is 0 Å². The number of benzene rings is 1. The van der Waals surface area contributed by atoms with Crippen LogP contribution in [0.1, 0.15) is 24.4 Å². The van der Waals surface area contributed by atoms with Crippen molar-refractivity contribution in [3.8, 4) is 5.75 Å². The molecule has 0 aromatic heterocycles. The summed E-state index contributed by atoms with van der Waals surface area (Å²) in [4.78, 5) is 22.4. The standard InChI is InChI=1S/C15H14N4O3/c20-14-11-9-6(4-16-11)3-8(15(21)22)19-2-1-7-10(13(9)19)12(14)18-5-17-7/h4,7-8,17,20H,1-3,5H2,(H,21,22). The minimum absolute atomic E-state index is 0.115. The number of phenolic OH excluding ortho intramolecular Hbond substituents is 1. The monoisotopic (exact) mass is 298 g/mol. The van der Waals surface area contributed by atoms with Crippen LogP contribution in [-0.4, -0.2) is 41.7 Å². The molecule has 22 heavy (non-hydrogen) atoms. The van der Waals surface area contributed by atoms with Crippen LogP contribution in [0.2, 0.25) is 0 Å². The Bertz CT molecular complexity index is 889. The third-order valence-electron chi connectivity index (χ3n) is 5.05. The van der Waals surface area contributed by atoms with Crippen LogP contribution in [0.25, 0.3) is 5.57 Å². The number of carboxylic acids is 1. The number of aliphatic imine (C=N–C) groups is 1. The average molecular weight is 298 g/mol. The topological polar surface area (TPSA) is 97.5 Å². The fourth-order valence-corrected chi connectivity index (χ4v) is 4.11. The summed E-state index contributed by atoms with van der Waals surface area (Å²) < 4.78 is 0. The second kappa shape index (κ2) is 3.86. The normalized spacial score (nSPS) is 26.7. The van der Waals surface area contributed by atoms with Crippen LogP contribution in [0.5, 0.6) is 5.75 Å². The molecule has 112 valence electrons. The van der Waals surface area contributed by atoms with Crippen LogP contribution in [0.15, 0.2) is 9.98 Å². The van der Waals surface area contributed by atoms with Crippen LogP contribution < -0.4 is 20.8 Å². The second-order valence-corrected chi connectivity index (χ2v) is 6.08. The summed E-state index contributed by atoms with van der Waals surface area (Å²) in [6, 6.07) is -0.458. The van der Waals surface area contributed by atoms with Crippen molar-refractivity contribution in [3.63, 3.8) is 0 Å². The maximum absolute atomic E-state index is 11.7. The smallest absolute Gasteiger partial charge is 0.326 e. The van der Waals surface area contributed by atoms with Crippen molar-refractivity contribution < 1.29 is 15.0 Å². The zero-order chi connectivity index (χ0) is 15.0. The van der Waals surface area contributed by atoms with E-state index in [0.717, 1.165) is 28.5 Å². The van der Waals surface area contributed by atoms with E-state index in [1.807, 2.05) is 4.90 Å². The van der Waals surface area contributed by atoms with E-state index in [2.05, 4.69) is 15.3 Å². The number of rotatable bonds is 1. The summed E-state index contributed by atoms with van der Waals surface area (Å²) >= 11 is 0. The number of carboxylic acid groups (broad SMARTS) is 1. The Morgan fingerprint density at radius 1 is 1.45 bits per heavy atom. The molecule has 0 fully saturated rings. The van der Waals surface area contributed by atoms with Gasteiger partial charge in [-0.25, -0.2) is 4.79 Å². The first kappa shape index (κ1) is 12.2. The molecule has 0 radical (unpaired) electrons. The summed E-state index contributed by atoms with van der Waals surface area (Å²) in [7, 11) is 0. The highest BCUT2D eigenvalue weighted by Gasteiger charge is 2.41. The van der Waals surface area contributed by atoms with E-state index in [9.17, 15) is 15.0 Å². The molecule has 7 nitrogen and oxygen atoms in total.